The summed E-state index contributed by atoms with van der Waals surface area (Å²) in [6.07, 6.45) is 5.35. The van der Waals surface area contributed by atoms with E-state index in [0.29, 0.717) is 5.41 Å². The first-order chi connectivity index (χ1) is 12.7. The van der Waals surface area contributed by atoms with Gasteiger partial charge in [0.25, 0.3) is 0 Å². The third kappa shape index (κ3) is 5.45. The number of nitrogens with one attached hydrogen (secondary N) is 1. The largest absolute Gasteiger partial charge is 0.382 e. The molecular formula is C19H33N5O2. The number of rotatable bonds is 9. The molecule has 146 valence electrons. The Balaban J connectivity index is 1.48. The summed E-state index contributed by atoms with van der Waals surface area (Å²) in [6, 6.07) is 1.94. The highest BCUT2D eigenvalue weighted by molar-refractivity contribution is 5.80. The average molecular weight is 364 g/mol. The number of piperazine rings is 1. The number of nitrogens with zero attached hydrogens (tertiary/aromatic N) is 4. The lowest BCUT2D eigenvalue weighted by Gasteiger charge is -2.36. The van der Waals surface area contributed by atoms with Crippen LogP contribution in [0.3, 0.4) is 0 Å². The second-order valence-electron chi connectivity index (χ2n) is 7.37. The fourth-order valence-electron chi connectivity index (χ4n) is 3.43. The standard InChI is InChI=1S/C19H33N5O2/c1-3-20-18(21-16-19(6-7-19)8-14-25-4-2)24-11-9-23(10-12-24)15-17-5-13-26-22-17/h5,13H,3-4,6-12,14-16H2,1-2H3,(H,20,21). The highest BCUT2D eigenvalue weighted by Crippen LogP contribution is 2.49. The number of guanidine groups is 1. The van der Waals surface area contributed by atoms with Gasteiger partial charge in [-0.3, -0.25) is 9.89 Å². The van der Waals surface area contributed by atoms with Crippen molar-refractivity contribution in [3.63, 3.8) is 0 Å². The van der Waals surface area contributed by atoms with Crippen molar-refractivity contribution in [3.05, 3.63) is 18.0 Å². The van der Waals surface area contributed by atoms with Gasteiger partial charge in [-0.2, -0.15) is 0 Å². The molecule has 0 radical (unpaired) electrons. The van der Waals surface area contributed by atoms with E-state index in [1.165, 1.54) is 12.8 Å². The third-order valence-electron chi connectivity index (χ3n) is 5.39. The van der Waals surface area contributed by atoms with Gasteiger partial charge in [0.05, 0.1) is 5.69 Å². The van der Waals surface area contributed by atoms with Crippen LogP contribution >= 0.6 is 0 Å². The van der Waals surface area contributed by atoms with Crippen molar-refractivity contribution in [1.29, 1.82) is 0 Å². The first kappa shape index (κ1) is 19.2. The van der Waals surface area contributed by atoms with E-state index in [1.54, 1.807) is 6.26 Å². The number of aromatic nitrogens is 1. The first-order valence-electron chi connectivity index (χ1n) is 9.97. The van der Waals surface area contributed by atoms with Crippen molar-refractivity contribution < 1.29 is 9.26 Å². The minimum absolute atomic E-state index is 0.393. The van der Waals surface area contributed by atoms with Crippen LogP contribution < -0.4 is 5.32 Å². The van der Waals surface area contributed by atoms with Crippen LogP contribution in [0.5, 0.6) is 0 Å². The normalized spacial score (nSPS) is 20.4. The molecule has 1 aromatic rings. The van der Waals surface area contributed by atoms with Crippen LogP contribution in [0, 0.1) is 5.41 Å². The molecule has 2 aliphatic rings. The Morgan fingerprint density at radius 1 is 1.31 bits per heavy atom. The summed E-state index contributed by atoms with van der Waals surface area (Å²) < 4.78 is 10.5. The summed E-state index contributed by atoms with van der Waals surface area (Å²) in [5, 5.41) is 7.49. The van der Waals surface area contributed by atoms with Crippen LogP contribution in [-0.2, 0) is 11.3 Å². The van der Waals surface area contributed by atoms with E-state index >= 15 is 0 Å². The molecule has 7 nitrogen and oxygen atoms in total. The molecule has 0 atom stereocenters. The summed E-state index contributed by atoms with van der Waals surface area (Å²) in [6.45, 7) is 12.6. The van der Waals surface area contributed by atoms with E-state index in [-0.39, 0.29) is 0 Å². The summed E-state index contributed by atoms with van der Waals surface area (Å²) in [5.74, 6) is 1.07. The zero-order valence-electron chi connectivity index (χ0n) is 16.2. The monoisotopic (exact) mass is 363 g/mol. The smallest absolute Gasteiger partial charge is 0.194 e. The van der Waals surface area contributed by atoms with Crippen LogP contribution in [0.4, 0.5) is 0 Å². The van der Waals surface area contributed by atoms with Crippen molar-refractivity contribution in [1.82, 2.24) is 20.3 Å². The fourth-order valence-corrected chi connectivity index (χ4v) is 3.43. The molecule has 26 heavy (non-hydrogen) atoms. The molecule has 1 N–H and O–H groups in total. The molecule has 1 aliphatic heterocycles. The van der Waals surface area contributed by atoms with Crippen molar-refractivity contribution in [3.8, 4) is 0 Å². The minimum atomic E-state index is 0.393. The molecule has 7 heteroatoms. The molecule has 0 spiro atoms. The lowest BCUT2D eigenvalue weighted by atomic mass is 10.0. The van der Waals surface area contributed by atoms with Gasteiger partial charge in [-0.25, -0.2) is 0 Å². The summed E-state index contributed by atoms with van der Waals surface area (Å²) in [7, 11) is 0. The van der Waals surface area contributed by atoms with Gasteiger partial charge < -0.3 is 19.5 Å². The van der Waals surface area contributed by atoms with Crippen molar-refractivity contribution >= 4 is 5.96 Å². The maximum Gasteiger partial charge on any atom is 0.194 e. The van der Waals surface area contributed by atoms with E-state index in [2.05, 4.69) is 34.1 Å². The topological polar surface area (TPSA) is 66.1 Å². The van der Waals surface area contributed by atoms with E-state index in [4.69, 9.17) is 14.3 Å². The van der Waals surface area contributed by atoms with Crippen LogP contribution in [0.25, 0.3) is 0 Å². The van der Waals surface area contributed by atoms with Gasteiger partial charge in [0, 0.05) is 65.1 Å². The first-order valence-corrected chi connectivity index (χ1v) is 9.97. The van der Waals surface area contributed by atoms with Crippen LogP contribution in [-0.4, -0.2) is 73.4 Å². The van der Waals surface area contributed by atoms with Gasteiger partial charge in [0.2, 0.25) is 0 Å². The lowest BCUT2D eigenvalue weighted by Crippen LogP contribution is -2.52. The molecule has 0 aromatic carbocycles. The number of hydrogen-bond acceptors (Lipinski definition) is 5. The van der Waals surface area contributed by atoms with Crippen LogP contribution in [0.15, 0.2) is 21.8 Å². The van der Waals surface area contributed by atoms with Gasteiger partial charge in [-0.1, -0.05) is 5.16 Å². The zero-order chi connectivity index (χ0) is 18.2. The number of aliphatic imine (C=N–C) groups is 1. The second kappa shape index (κ2) is 9.37. The van der Waals surface area contributed by atoms with Gasteiger partial charge in [-0.15, -0.1) is 0 Å². The molecular weight excluding hydrogens is 330 g/mol. The number of hydrogen-bond donors (Lipinski definition) is 1. The second-order valence-corrected chi connectivity index (χ2v) is 7.37. The Hall–Kier alpha value is -1.60. The van der Waals surface area contributed by atoms with Crippen LogP contribution in [0.1, 0.15) is 38.8 Å². The highest BCUT2D eigenvalue weighted by atomic mass is 16.5. The molecule has 2 heterocycles. The van der Waals surface area contributed by atoms with Gasteiger partial charge in [0.1, 0.15) is 6.26 Å². The predicted octanol–water partition coefficient (Wildman–Crippen LogP) is 1.96. The molecule has 0 bridgehead atoms. The predicted molar refractivity (Wildman–Crippen MR) is 102 cm³/mol. The van der Waals surface area contributed by atoms with Gasteiger partial charge in [-0.05, 0) is 38.5 Å². The molecule has 3 rings (SSSR count). The Labute approximate surface area is 156 Å². The molecule has 1 aromatic heterocycles. The van der Waals surface area contributed by atoms with Crippen LogP contribution in [0.2, 0.25) is 0 Å². The Kier molecular flexibility index (Phi) is 6.91. The summed E-state index contributed by atoms with van der Waals surface area (Å²) in [4.78, 5) is 9.79. The van der Waals surface area contributed by atoms with E-state index in [9.17, 15) is 0 Å². The Bertz CT molecular complexity index is 548. The van der Waals surface area contributed by atoms with Crippen molar-refractivity contribution in [2.75, 3.05) is 52.5 Å². The molecule has 1 saturated heterocycles. The average Bonchev–Trinajstić information content (AvgIpc) is 3.24. The van der Waals surface area contributed by atoms with Crippen molar-refractivity contribution in [2.45, 2.75) is 39.7 Å². The molecule has 1 saturated carbocycles. The maximum atomic E-state index is 5.54. The van der Waals surface area contributed by atoms with Crippen molar-refractivity contribution in [2.24, 2.45) is 10.4 Å². The SMILES string of the molecule is CCNC(=NCC1(CCOCC)CC1)N1CCN(Cc2ccon2)CC1. The van der Waals surface area contributed by atoms with Gasteiger partial charge in [0.15, 0.2) is 5.96 Å². The molecule has 2 fully saturated rings. The highest BCUT2D eigenvalue weighted by Gasteiger charge is 2.42. The quantitative estimate of drug-likeness (QED) is 0.411. The maximum absolute atomic E-state index is 5.54. The summed E-state index contributed by atoms with van der Waals surface area (Å²) >= 11 is 0. The fraction of sp³-hybridized carbons (Fsp3) is 0.789. The number of ether oxygens (including phenoxy) is 1. The van der Waals surface area contributed by atoms with E-state index in [0.717, 1.165) is 77.1 Å². The van der Waals surface area contributed by atoms with E-state index < -0.39 is 0 Å². The third-order valence-corrected chi connectivity index (χ3v) is 5.39. The summed E-state index contributed by atoms with van der Waals surface area (Å²) in [5.41, 5.74) is 1.40. The lowest BCUT2D eigenvalue weighted by molar-refractivity contribution is 0.129. The van der Waals surface area contributed by atoms with E-state index in [1.807, 2.05) is 6.07 Å². The minimum Gasteiger partial charge on any atom is -0.382 e. The Morgan fingerprint density at radius 2 is 2.12 bits per heavy atom. The Morgan fingerprint density at radius 3 is 2.73 bits per heavy atom. The molecule has 1 aliphatic carbocycles. The molecule has 0 amide bonds. The zero-order valence-corrected chi connectivity index (χ0v) is 16.2. The molecule has 0 unspecified atom stereocenters. The van der Waals surface area contributed by atoms with Gasteiger partial charge >= 0.3 is 0 Å².